The summed E-state index contributed by atoms with van der Waals surface area (Å²) in [5.74, 6) is 0.399. The Morgan fingerprint density at radius 1 is 1.31 bits per heavy atom. The van der Waals surface area contributed by atoms with Crippen molar-refractivity contribution in [3.63, 3.8) is 0 Å². The van der Waals surface area contributed by atoms with Crippen molar-refractivity contribution in [2.45, 2.75) is 45.8 Å². The van der Waals surface area contributed by atoms with Crippen LogP contribution in [0.2, 0.25) is 0 Å². The van der Waals surface area contributed by atoms with Crippen LogP contribution in [0.4, 0.5) is 0 Å². The van der Waals surface area contributed by atoms with E-state index in [1.165, 1.54) is 0 Å². The average Bonchev–Trinajstić information content (AvgIpc) is 3.15. The molecule has 0 spiro atoms. The predicted molar refractivity (Wildman–Crippen MR) is 112 cm³/mol. The van der Waals surface area contributed by atoms with Crippen LogP contribution in [0.15, 0.2) is 30.3 Å². The molecule has 0 saturated carbocycles. The van der Waals surface area contributed by atoms with E-state index in [1.54, 1.807) is 0 Å². The highest BCUT2D eigenvalue weighted by molar-refractivity contribution is 7.91. The number of likely N-dealkylation sites (N-methyl/N-ethyl adjacent to an activating group) is 1. The molecule has 0 bridgehead atoms. The Kier molecular flexibility index (Phi) is 6.43. The maximum absolute atomic E-state index is 12.5. The molecule has 2 heterocycles. The Hall–Kier alpha value is -2.19. The first-order valence-corrected chi connectivity index (χ1v) is 11.9. The van der Waals surface area contributed by atoms with Gasteiger partial charge in [-0.1, -0.05) is 30.3 Å². The van der Waals surface area contributed by atoms with Crippen LogP contribution in [0, 0.1) is 13.8 Å². The van der Waals surface area contributed by atoms with Crippen LogP contribution in [0.5, 0.6) is 0 Å². The van der Waals surface area contributed by atoms with Gasteiger partial charge in [0.25, 0.3) is 5.91 Å². The third-order valence-electron chi connectivity index (χ3n) is 5.65. The smallest absolute Gasteiger partial charge is 0.275 e. The molecule has 1 amide bonds. The highest BCUT2D eigenvalue weighted by atomic mass is 32.2. The first kappa shape index (κ1) is 21.5. The van der Waals surface area contributed by atoms with Gasteiger partial charge < -0.3 is 10.2 Å². The Morgan fingerprint density at radius 3 is 2.62 bits per heavy atom. The van der Waals surface area contributed by atoms with Crippen molar-refractivity contribution in [1.82, 2.24) is 15.1 Å². The van der Waals surface area contributed by atoms with Gasteiger partial charge >= 0.3 is 0 Å². The maximum atomic E-state index is 12.5. The predicted octanol–water partition coefficient (Wildman–Crippen LogP) is 0.752. The zero-order valence-electron chi connectivity index (χ0n) is 17.6. The van der Waals surface area contributed by atoms with Crippen LogP contribution in [0.3, 0.4) is 0 Å². The average molecular weight is 420 g/mol. The lowest BCUT2D eigenvalue weighted by molar-refractivity contribution is -0.885. The molecular formula is C21H31N4O3S+. The van der Waals surface area contributed by atoms with Crippen molar-refractivity contribution in [2.75, 3.05) is 25.1 Å². The molecule has 1 aliphatic heterocycles. The maximum Gasteiger partial charge on any atom is 0.275 e. The second-order valence-corrected chi connectivity index (χ2v) is 10.4. The van der Waals surface area contributed by atoms with Gasteiger partial charge in [-0.3, -0.25) is 9.48 Å². The standard InChI is InChI=1S/C21H30N4O3S/c1-15(18-8-6-5-7-9-18)22-21(26)13-24(4)12-20-16(2)23-25(17(20)3)19-10-11-29(27,28)14-19/h5-9,15,19H,10-14H2,1-4H3,(H,22,26)/p+1/t15-,19-/m0/s1. The number of carbonyl (C=O) groups is 1. The molecule has 29 heavy (non-hydrogen) atoms. The van der Waals surface area contributed by atoms with Gasteiger partial charge in [-0.05, 0) is 32.8 Å². The van der Waals surface area contributed by atoms with Gasteiger partial charge in [0.15, 0.2) is 16.4 Å². The SMILES string of the molecule is Cc1nn([C@H]2CCS(=O)(=O)C2)c(C)c1C[NH+](C)CC(=O)N[C@@H](C)c1ccccc1. The minimum absolute atomic E-state index is 0.00318. The summed E-state index contributed by atoms with van der Waals surface area (Å²) >= 11 is 0. The molecule has 3 rings (SSSR count). The molecule has 2 N–H and O–H groups in total. The molecule has 1 aromatic heterocycles. The molecule has 2 aromatic rings. The number of nitrogens with zero attached hydrogens (tertiary/aromatic N) is 2. The van der Waals surface area contributed by atoms with Crippen molar-refractivity contribution < 1.29 is 18.1 Å². The lowest BCUT2D eigenvalue weighted by atomic mass is 10.1. The third-order valence-corrected chi connectivity index (χ3v) is 7.40. The summed E-state index contributed by atoms with van der Waals surface area (Å²) in [7, 11) is -0.967. The fourth-order valence-electron chi connectivity index (χ4n) is 4.03. The van der Waals surface area contributed by atoms with Crippen LogP contribution >= 0.6 is 0 Å². The van der Waals surface area contributed by atoms with E-state index >= 15 is 0 Å². The number of rotatable bonds is 7. The Morgan fingerprint density at radius 2 is 2.00 bits per heavy atom. The van der Waals surface area contributed by atoms with Gasteiger partial charge in [-0.2, -0.15) is 5.10 Å². The molecule has 0 aliphatic carbocycles. The number of amides is 1. The van der Waals surface area contributed by atoms with Gasteiger partial charge in [-0.15, -0.1) is 0 Å². The zero-order chi connectivity index (χ0) is 21.2. The van der Waals surface area contributed by atoms with E-state index in [2.05, 4.69) is 10.4 Å². The number of hydrogen-bond acceptors (Lipinski definition) is 4. The number of sulfone groups is 1. The Bertz CT molecular complexity index is 969. The van der Waals surface area contributed by atoms with E-state index < -0.39 is 9.84 Å². The molecule has 158 valence electrons. The van der Waals surface area contributed by atoms with E-state index in [4.69, 9.17) is 0 Å². The van der Waals surface area contributed by atoms with Crippen LogP contribution in [0.1, 0.15) is 47.9 Å². The molecule has 1 aromatic carbocycles. The zero-order valence-corrected chi connectivity index (χ0v) is 18.4. The van der Waals surface area contributed by atoms with Crippen molar-refractivity contribution in [1.29, 1.82) is 0 Å². The van der Waals surface area contributed by atoms with Crippen LogP contribution in [-0.2, 0) is 21.2 Å². The van der Waals surface area contributed by atoms with E-state index in [1.807, 2.05) is 62.8 Å². The number of hydrogen-bond donors (Lipinski definition) is 2. The first-order chi connectivity index (χ1) is 13.7. The van der Waals surface area contributed by atoms with Gasteiger partial charge in [0.2, 0.25) is 0 Å². The molecule has 1 saturated heterocycles. The topological polar surface area (TPSA) is 85.5 Å². The molecule has 8 heteroatoms. The highest BCUT2D eigenvalue weighted by Crippen LogP contribution is 2.26. The molecule has 1 unspecified atom stereocenters. The molecule has 1 fully saturated rings. The summed E-state index contributed by atoms with van der Waals surface area (Å²) in [6.45, 7) is 6.96. The lowest BCUT2D eigenvalue weighted by Gasteiger charge is -2.18. The monoisotopic (exact) mass is 419 g/mol. The van der Waals surface area contributed by atoms with Crippen molar-refractivity contribution in [2.24, 2.45) is 0 Å². The second kappa shape index (κ2) is 8.67. The fourth-order valence-corrected chi connectivity index (χ4v) is 5.72. The molecule has 0 radical (unpaired) electrons. The summed E-state index contributed by atoms with van der Waals surface area (Å²) in [6, 6.07) is 9.79. The number of quaternary nitrogens is 1. The molecule has 3 atom stereocenters. The van der Waals surface area contributed by atoms with E-state index in [0.29, 0.717) is 19.5 Å². The first-order valence-electron chi connectivity index (χ1n) is 10.1. The summed E-state index contributed by atoms with van der Waals surface area (Å²) in [4.78, 5) is 13.5. The van der Waals surface area contributed by atoms with Gasteiger partial charge in [0.05, 0.1) is 41.9 Å². The minimum Gasteiger partial charge on any atom is -0.345 e. The normalized spacial score (nSPS) is 20.3. The van der Waals surface area contributed by atoms with E-state index in [9.17, 15) is 13.2 Å². The van der Waals surface area contributed by atoms with Gasteiger partial charge in [0, 0.05) is 5.69 Å². The van der Waals surface area contributed by atoms with Crippen molar-refractivity contribution in [3.05, 3.63) is 52.8 Å². The number of carbonyl (C=O) groups excluding carboxylic acids is 1. The van der Waals surface area contributed by atoms with Gasteiger partial charge in [-0.25, -0.2) is 8.42 Å². The Labute approximate surface area is 173 Å². The molecule has 7 nitrogen and oxygen atoms in total. The van der Waals surface area contributed by atoms with Crippen LogP contribution in [-0.4, -0.2) is 49.2 Å². The van der Waals surface area contributed by atoms with E-state index in [-0.39, 0.29) is 29.5 Å². The van der Waals surface area contributed by atoms with Crippen LogP contribution in [0.25, 0.3) is 0 Å². The number of benzene rings is 1. The summed E-state index contributed by atoms with van der Waals surface area (Å²) in [5, 5.41) is 7.67. The number of aryl methyl sites for hydroxylation is 1. The van der Waals surface area contributed by atoms with E-state index in [0.717, 1.165) is 27.4 Å². The largest absolute Gasteiger partial charge is 0.345 e. The minimum atomic E-state index is -2.96. The number of nitrogens with one attached hydrogen (secondary N) is 2. The quantitative estimate of drug-likeness (QED) is 0.694. The summed E-state index contributed by atoms with van der Waals surface area (Å²) < 4.78 is 25.5. The second-order valence-electron chi connectivity index (χ2n) is 8.16. The fraction of sp³-hybridized carbons (Fsp3) is 0.524. The molecular weight excluding hydrogens is 388 g/mol. The van der Waals surface area contributed by atoms with Gasteiger partial charge in [0.1, 0.15) is 6.54 Å². The molecule has 1 aliphatic rings. The summed E-state index contributed by atoms with van der Waals surface area (Å²) in [6.07, 6.45) is 0.617. The Balaban J connectivity index is 1.60. The lowest BCUT2D eigenvalue weighted by Crippen LogP contribution is -3.09. The highest BCUT2D eigenvalue weighted by Gasteiger charge is 2.32. The van der Waals surface area contributed by atoms with Crippen molar-refractivity contribution in [3.8, 4) is 0 Å². The van der Waals surface area contributed by atoms with Crippen LogP contribution < -0.4 is 10.2 Å². The summed E-state index contributed by atoms with van der Waals surface area (Å²) in [5.41, 5.74) is 4.08. The third kappa shape index (κ3) is 5.25. The van der Waals surface area contributed by atoms with Crippen molar-refractivity contribution >= 4 is 15.7 Å². The number of aromatic nitrogens is 2.